The first-order valence-corrected chi connectivity index (χ1v) is 7.41. The van der Waals surface area contributed by atoms with Crippen LogP contribution in [-0.4, -0.2) is 23.9 Å². The smallest absolute Gasteiger partial charge is 0.257 e. The third-order valence-electron chi connectivity index (χ3n) is 3.48. The molecule has 0 atom stereocenters. The van der Waals surface area contributed by atoms with E-state index in [0.29, 0.717) is 31.0 Å². The summed E-state index contributed by atoms with van der Waals surface area (Å²) in [6.45, 7) is 5.50. The molecule has 0 radical (unpaired) electrons. The van der Waals surface area contributed by atoms with Crippen LogP contribution in [0.25, 0.3) is 0 Å². The Morgan fingerprint density at radius 3 is 2.32 bits per heavy atom. The van der Waals surface area contributed by atoms with Gasteiger partial charge in [0.1, 0.15) is 18.2 Å². The quantitative estimate of drug-likeness (QED) is 0.810. The van der Waals surface area contributed by atoms with E-state index in [0.717, 1.165) is 5.56 Å². The molecule has 0 spiro atoms. The fourth-order valence-corrected chi connectivity index (χ4v) is 2.19. The number of carbonyl (C=O) groups excluding carboxylic acids is 1. The molecule has 22 heavy (non-hydrogen) atoms. The lowest BCUT2D eigenvalue weighted by molar-refractivity contribution is 0.0768. The van der Waals surface area contributed by atoms with Gasteiger partial charge < -0.3 is 9.64 Å². The molecule has 3 nitrogen and oxygen atoms in total. The SMILES string of the molecule is CCN(CC)C(=O)c1ccccc1OCc1ccc(F)cc1. The van der Waals surface area contributed by atoms with E-state index in [4.69, 9.17) is 4.74 Å². The second kappa shape index (κ2) is 7.59. The van der Waals surface area contributed by atoms with Crippen molar-refractivity contribution in [1.29, 1.82) is 0 Å². The lowest BCUT2D eigenvalue weighted by Gasteiger charge is -2.20. The molecule has 0 aliphatic rings. The summed E-state index contributed by atoms with van der Waals surface area (Å²) in [6.07, 6.45) is 0. The average molecular weight is 301 g/mol. The van der Waals surface area contributed by atoms with Crippen molar-refractivity contribution in [2.75, 3.05) is 13.1 Å². The van der Waals surface area contributed by atoms with E-state index in [1.807, 2.05) is 26.0 Å². The third-order valence-corrected chi connectivity index (χ3v) is 3.48. The lowest BCUT2D eigenvalue weighted by Crippen LogP contribution is -2.30. The molecule has 0 heterocycles. The molecule has 116 valence electrons. The van der Waals surface area contributed by atoms with Gasteiger partial charge in [0.25, 0.3) is 5.91 Å². The number of amides is 1. The largest absolute Gasteiger partial charge is 0.488 e. The minimum atomic E-state index is -0.277. The summed E-state index contributed by atoms with van der Waals surface area (Å²) in [6, 6.07) is 13.3. The van der Waals surface area contributed by atoms with E-state index in [2.05, 4.69) is 0 Å². The molecule has 1 amide bonds. The molecule has 0 saturated heterocycles. The van der Waals surface area contributed by atoms with Crippen LogP contribution in [0, 0.1) is 5.82 Å². The maximum atomic E-state index is 12.9. The zero-order valence-corrected chi connectivity index (χ0v) is 12.9. The molecule has 0 saturated carbocycles. The van der Waals surface area contributed by atoms with Gasteiger partial charge in [-0.1, -0.05) is 24.3 Å². The highest BCUT2D eigenvalue weighted by Gasteiger charge is 2.16. The molecule has 0 bridgehead atoms. The van der Waals surface area contributed by atoms with Crippen molar-refractivity contribution in [3.63, 3.8) is 0 Å². The first-order chi connectivity index (χ1) is 10.7. The van der Waals surface area contributed by atoms with Gasteiger partial charge in [-0.05, 0) is 43.7 Å². The normalized spacial score (nSPS) is 10.3. The Kier molecular flexibility index (Phi) is 5.53. The molecule has 0 aliphatic carbocycles. The minimum Gasteiger partial charge on any atom is -0.488 e. The second-order valence-electron chi connectivity index (χ2n) is 4.89. The number of ether oxygens (including phenoxy) is 1. The van der Waals surface area contributed by atoms with Crippen LogP contribution in [0.15, 0.2) is 48.5 Å². The predicted molar refractivity (Wildman–Crippen MR) is 84.4 cm³/mol. The van der Waals surface area contributed by atoms with Crippen LogP contribution in [0.4, 0.5) is 4.39 Å². The van der Waals surface area contributed by atoms with Crippen molar-refractivity contribution in [2.24, 2.45) is 0 Å². The Hall–Kier alpha value is -2.36. The summed E-state index contributed by atoms with van der Waals surface area (Å²) in [5.41, 5.74) is 1.40. The number of nitrogens with zero attached hydrogens (tertiary/aromatic N) is 1. The zero-order valence-electron chi connectivity index (χ0n) is 12.9. The van der Waals surface area contributed by atoms with Gasteiger partial charge in [-0.15, -0.1) is 0 Å². The van der Waals surface area contributed by atoms with Crippen molar-refractivity contribution in [3.05, 3.63) is 65.5 Å². The molecular weight excluding hydrogens is 281 g/mol. The summed E-state index contributed by atoms with van der Waals surface area (Å²) in [4.78, 5) is 14.2. The highest BCUT2D eigenvalue weighted by molar-refractivity contribution is 5.96. The van der Waals surface area contributed by atoms with Crippen molar-refractivity contribution < 1.29 is 13.9 Å². The van der Waals surface area contributed by atoms with Gasteiger partial charge in [0, 0.05) is 13.1 Å². The van der Waals surface area contributed by atoms with Crippen molar-refractivity contribution >= 4 is 5.91 Å². The maximum Gasteiger partial charge on any atom is 0.257 e. The highest BCUT2D eigenvalue weighted by atomic mass is 19.1. The van der Waals surface area contributed by atoms with E-state index in [1.54, 1.807) is 29.2 Å². The van der Waals surface area contributed by atoms with Crippen LogP contribution < -0.4 is 4.74 Å². The standard InChI is InChI=1S/C18H20FNO2/c1-3-20(4-2)18(21)16-7-5-6-8-17(16)22-13-14-9-11-15(19)12-10-14/h5-12H,3-4,13H2,1-2H3. The summed E-state index contributed by atoms with van der Waals surface area (Å²) in [7, 11) is 0. The van der Waals surface area contributed by atoms with Crippen LogP contribution in [0.2, 0.25) is 0 Å². The number of para-hydroxylation sites is 1. The minimum absolute atomic E-state index is 0.0419. The number of hydrogen-bond acceptors (Lipinski definition) is 2. The zero-order chi connectivity index (χ0) is 15.9. The first-order valence-electron chi connectivity index (χ1n) is 7.41. The van der Waals surface area contributed by atoms with E-state index < -0.39 is 0 Å². The van der Waals surface area contributed by atoms with Gasteiger partial charge in [0.05, 0.1) is 5.56 Å². The Morgan fingerprint density at radius 1 is 1.05 bits per heavy atom. The van der Waals surface area contributed by atoms with Crippen molar-refractivity contribution in [2.45, 2.75) is 20.5 Å². The average Bonchev–Trinajstić information content (AvgIpc) is 2.55. The number of carbonyl (C=O) groups is 1. The maximum absolute atomic E-state index is 12.9. The lowest BCUT2D eigenvalue weighted by atomic mass is 10.1. The molecule has 2 aromatic carbocycles. The number of hydrogen-bond donors (Lipinski definition) is 0. The molecule has 0 N–H and O–H groups in total. The molecule has 2 aromatic rings. The van der Waals surface area contributed by atoms with Crippen LogP contribution >= 0.6 is 0 Å². The molecule has 4 heteroatoms. The number of rotatable bonds is 6. The Labute approximate surface area is 130 Å². The first kappa shape index (κ1) is 16.0. The van der Waals surface area contributed by atoms with Gasteiger partial charge in [0.15, 0.2) is 0 Å². The van der Waals surface area contributed by atoms with Crippen LogP contribution in [0.5, 0.6) is 5.75 Å². The van der Waals surface area contributed by atoms with Gasteiger partial charge in [-0.2, -0.15) is 0 Å². The predicted octanol–water partition coefficient (Wildman–Crippen LogP) is 3.89. The number of halogens is 1. The van der Waals surface area contributed by atoms with E-state index in [-0.39, 0.29) is 11.7 Å². The van der Waals surface area contributed by atoms with E-state index in [9.17, 15) is 9.18 Å². The molecule has 0 aromatic heterocycles. The van der Waals surface area contributed by atoms with Gasteiger partial charge in [-0.25, -0.2) is 4.39 Å². The van der Waals surface area contributed by atoms with Crippen molar-refractivity contribution in [1.82, 2.24) is 4.90 Å². The van der Waals surface area contributed by atoms with E-state index in [1.165, 1.54) is 12.1 Å². The topological polar surface area (TPSA) is 29.5 Å². The monoisotopic (exact) mass is 301 g/mol. The van der Waals surface area contributed by atoms with Crippen molar-refractivity contribution in [3.8, 4) is 5.75 Å². The highest BCUT2D eigenvalue weighted by Crippen LogP contribution is 2.21. The van der Waals surface area contributed by atoms with E-state index >= 15 is 0 Å². The fraction of sp³-hybridized carbons (Fsp3) is 0.278. The molecule has 2 rings (SSSR count). The third kappa shape index (κ3) is 3.85. The molecule has 0 aliphatic heterocycles. The van der Waals surface area contributed by atoms with Gasteiger partial charge in [-0.3, -0.25) is 4.79 Å². The molecular formula is C18H20FNO2. The molecule has 0 fully saturated rings. The second-order valence-corrected chi connectivity index (χ2v) is 4.89. The Bertz CT molecular complexity index is 621. The number of benzene rings is 2. The summed E-state index contributed by atoms with van der Waals surface area (Å²) < 4.78 is 18.6. The van der Waals surface area contributed by atoms with Gasteiger partial charge >= 0.3 is 0 Å². The van der Waals surface area contributed by atoms with Crippen LogP contribution in [-0.2, 0) is 6.61 Å². The molecule has 0 unspecified atom stereocenters. The van der Waals surface area contributed by atoms with Crippen LogP contribution in [0.3, 0.4) is 0 Å². The Balaban J connectivity index is 2.14. The summed E-state index contributed by atoms with van der Waals surface area (Å²) in [5, 5.41) is 0. The van der Waals surface area contributed by atoms with Crippen LogP contribution in [0.1, 0.15) is 29.8 Å². The summed E-state index contributed by atoms with van der Waals surface area (Å²) >= 11 is 0. The summed E-state index contributed by atoms with van der Waals surface area (Å²) in [5.74, 6) is 0.226. The van der Waals surface area contributed by atoms with Gasteiger partial charge in [0.2, 0.25) is 0 Å². The Morgan fingerprint density at radius 2 is 1.68 bits per heavy atom. The fourth-order valence-electron chi connectivity index (χ4n) is 2.19.